The fourth-order valence-electron chi connectivity index (χ4n) is 3.06. The second-order valence-electron chi connectivity index (χ2n) is 6.58. The molecule has 0 atom stereocenters. The van der Waals surface area contributed by atoms with Gasteiger partial charge >= 0.3 is 0 Å². The van der Waals surface area contributed by atoms with Gasteiger partial charge in [0.25, 0.3) is 5.91 Å². The number of methoxy groups -OCH3 is 1. The van der Waals surface area contributed by atoms with Gasteiger partial charge in [-0.25, -0.2) is 4.98 Å². The summed E-state index contributed by atoms with van der Waals surface area (Å²) in [6.07, 6.45) is 0.799. The van der Waals surface area contributed by atoms with Crippen molar-refractivity contribution < 1.29 is 19.0 Å². The van der Waals surface area contributed by atoms with E-state index in [2.05, 4.69) is 16.4 Å². The fourth-order valence-corrected chi connectivity index (χ4v) is 4.06. The van der Waals surface area contributed by atoms with Crippen molar-refractivity contribution in [2.75, 3.05) is 19.6 Å². The lowest BCUT2D eigenvalue weighted by molar-refractivity contribution is 0.0951. The lowest BCUT2D eigenvalue weighted by Crippen LogP contribution is -2.24. The fraction of sp³-hybridized carbons (Fsp3) is 0.238. The van der Waals surface area contributed by atoms with Crippen molar-refractivity contribution in [1.82, 2.24) is 10.3 Å². The Morgan fingerprint density at radius 3 is 2.83 bits per heavy atom. The minimum absolute atomic E-state index is 0.201. The molecule has 0 fully saturated rings. The number of thiophene rings is 1. The van der Waals surface area contributed by atoms with Gasteiger partial charge in [0.05, 0.1) is 24.4 Å². The predicted octanol–water partition coefficient (Wildman–Crippen LogP) is 3.12. The van der Waals surface area contributed by atoms with Gasteiger partial charge in [-0.2, -0.15) is 0 Å². The van der Waals surface area contributed by atoms with Gasteiger partial charge in [-0.15, -0.1) is 11.3 Å². The molecule has 150 valence electrons. The van der Waals surface area contributed by atoms with E-state index in [1.54, 1.807) is 30.6 Å². The molecule has 1 aliphatic rings. The third-order valence-electron chi connectivity index (χ3n) is 4.48. The number of pyridine rings is 1. The summed E-state index contributed by atoms with van der Waals surface area (Å²) < 4.78 is 15.8. The maximum Gasteiger partial charge on any atom is 0.255 e. The molecule has 2 aromatic heterocycles. The lowest BCUT2D eigenvalue weighted by Gasteiger charge is -2.07. The first-order valence-electron chi connectivity index (χ1n) is 9.11. The van der Waals surface area contributed by atoms with E-state index in [-0.39, 0.29) is 18.5 Å². The van der Waals surface area contributed by atoms with Crippen LogP contribution in [0.15, 0.2) is 42.5 Å². The Morgan fingerprint density at radius 2 is 2.00 bits per heavy atom. The van der Waals surface area contributed by atoms with E-state index >= 15 is 0 Å². The highest BCUT2D eigenvalue weighted by molar-refractivity contribution is 7.12. The average Bonchev–Trinajstić information content (AvgIpc) is 3.35. The monoisotopic (exact) mass is 411 g/mol. The van der Waals surface area contributed by atoms with E-state index in [0.29, 0.717) is 24.4 Å². The number of benzene rings is 1. The summed E-state index contributed by atoms with van der Waals surface area (Å²) in [5.41, 5.74) is 8.11. The average molecular weight is 411 g/mol. The van der Waals surface area contributed by atoms with Crippen LogP contribution in [0.5, 0.6) is 11.5 Å². The lowest BCUT2D eigenvalue weighted by atomic mass is 10.1. The van der Waals surface area contributed by atoms with Gasteiger partial charge in [-0.05, 0) is 42.0 Å². The van der Waals surface area contributed by atoms with E-state index < -0.39 is 0 Å². The molecular formula is C21H21N3O4S. The van der Waals surface area contributed by atoms with Crippen molar-refractivity contribution in [3.63, 3.8) is 0 Å². The summed E-state index contributed by atoms with van der Waals surface area (Å²) in [4.78, 5) is 18.9. The van der Waals surface area contributed by atoms with Gasteiger partial charge in [0, 0.05) is 23.3 Å². The number of carbonyl (C=O) groups is 1. The summed E-state index contributed by atoms with van der Waals surface area (Å²) in [5.74, 6) is 1.53. The molecule has 1 amide bonds. The number of rotatable bonds is 7. The highest BCUT2D eigenvalue weighted by Crippen LogP contribution is 2.33. The van der Waals surface area contributed by atoms with E-state index in [4.69, 9.17) is 19.9 Å². The van der Waals surface area contributed by atoms with Crippen molar-refractivity contribution in [3.05, 3.63) is 69.0 Å². The van der Waals surface area contributed by atoms with Crippen LogP contribution < -0.4 is 20.5 Å². The van der Waals surface area contributed by atoms with Gasteiger partial charge in [-0.3, -0.25) is 4.79 Å². The molecule has 7 nitrogen and oxygen atoms in total. The normalized spacial score (nSPS) is 12.2. The van der Waals surface area contributed by atoms with Crippen molar-refractivity contribution in [2.24, 2.45) is 0 Å². The Labute approximate surface area is 172 Å². The number of hydrogen-bond acceptors (Lipinski definition) is 7. The standard InChI is InChI=1S/C21H21N3O4S/c1-26-11-14-3-6-17(20(22)24-14)21(25)23-10-16-5-4-15(29-16)8-13-2-7-18-19(9-13)28-12-27-18/h2-7,9H,8,10-12H2,1H3,(H2,22,24)(H,23,25). The van der Waals surface area contributed by atoms with Crippen molar-refractivity contribution in [3.8, 4) is 11.5 Å². The Bertz CT molecular complexity index is 1030. The number of nitrogens with one attached hydrogen (secondary N) is 1. The number of nitrogen functional groups attached to an aromatic ring is 1. The quantitative estimate of drug-likeness (QED) is 0.620. The Kier molecular flexibility index (Phi) is 5.64. The molecule has 0 aliphatic carbocycles. The second kappa shape index (κ2) is 8.50. The minimum Gasteiger partial charge on any atom is -0.454 e. The number of amides is 1. The van der Waals surface area contributed by atoms with Gasteiger partial charge in [0.15, 0.2) is 11.5 Å². The molecule has 0 saturated carbocycles. The minimum atomic E-state index is -0.246. The zero-order valence-corrected chi connectivity index (χ0v) is 16.8. The number of nitrogens with zero attached hydrogens (tertiary/aromatic N) is 1. The predicted molar refractivity (Wildman–Crippen MR) is 110 cm³/mol. The van der Waals surface area contributed by atoms with E-state index in [1.807, 2.05) is 24.3 Å². The van der Waals surface area contributed by atoms with E-state index in [0.717, 1.165) is 28.4 Å². The number of ether oxygens (including phenoxy) is 3. The first-order valence-corrected chi connectivity index (χ1v) is 9.92. The summed E-state index contributed by atoms with van der Waals surface area (Å²) in [6, 6.07) is 13.5. The van der Waals surface area contributed by atoms with Crippen LogP contribution in [-0.2, 0) is 24.3 Å². The number of hydrogen-bond donors (Lipinski definition) is 2. The Morgan fingerprint density at radius 1 is 1.17 bits per heavy atom. The Hall–Kier alpha value is -3.10. The van der Waals surface area contributed by atoms with Crippen LogP contribution in [0, 0.1) is 0 Å². The summed E-state index contributed by atoms with van der Waals surface area (Å²) in [7, 11) is 1.58. The van der Waals surface area contributed by atoms with Crippen LogP contribution in [0.3, 0.4) is 0 Å². The van der Waals surface area contributed by atoms with Crippen LogP contribution in [0.1, 0.15) is 31.4 Å². The molecule has 1 aliphatic heterocycles. The molecule has 0 saturated heterocycles. The maximum absolute atomic E-state index is 12.4. The van der Waals surface area contributed by atoms with Crippen LogP contribution >= 0.6 is 11.3 Å². The van der Waals surface area contributed by atoms with E-state index in [1.165, 1.54) is 4.88 Å². The van der Waals surface area contributed by atoms with Crippen molar-refractivity contribution in [2.45, 2.75) is 19.6 Å². The number of nitrogens with two attached hydrogens (primary N) is 1. The Balaban J connectivity index is 1.35. The molecule has 0 radical (unpaired) electrons. The third kappa shape index (κ3) is 4.49. The van der Waals surface area contributed by atoms with Crippen molar-refractivity contribution in [1.29, 1.82) is 0 Å². The SMILES string of the molecule is COCc1ccc(C(=O)NCc2ccc(Cc3ccc4c(c3)OCO4)s2)c(N)n1. The molecule has 29 heavy (non-hydrogen) atoms. The highest BCUT2D eigenvalue weighted by Gasteiger charge is 2.14. The summed E-state index contributed by atoms with van der Waals surface area (Å²) in [5, 5.41) is 2.90. The van der Waals surface area contributed by atoms with Crippen LogP contribution in [0.2, 0.25) is 0 Å². The zero-order chi connectivity index (χ0) is 20.2. The van der Waals surface area contributed by atoms with Gasteiger partial charge in [-0.1, -0.05) is 6.07 Å². The molecule has 3 aromatic rings. The first-order chi connectivity index (χ1) is 14.1. The molecular weight excluding hydrogens is 390 g/mol. The molecule has 1 aromatic carbocycles. The zero-order valence-electron chi connectivity index (χ0n) is 15.9. The van der Waals surface area contributed by atoms with Crippen LogP contribution in [-0.4, -0.2) is 24.8 Å². The number of carbonyl (C=O) groups excluding carboxylic acids is 1. The van der Waals surface area contributed by atoms with Gasteiger partial charge in [0.1, 0.15) is 5.82 Å². The third-order valence-corrected chi connectivity index (χ3v) is 5.56. The molecule has 3 N–H and O–H groups in total. The number of anilines is 1. The summed E-state index contributed by atoms with van der Waals surface area (Å²) in [6.45, 7) is 1.06. The topological polar surface area (TPSA) is 95.7 Å². The van der Waals surface area contributed by atoms with Crippen LogP contribution in [0.4, 0.5) is 5.82 Å². The second-order valence-corrected chi connectivity index (χ2v) is 7.84. The van der Waals surface area contributed by atoms with Gasteiger partial charge < -0.3 is 25.3 Å². The largest absolute Gasteiger partial charge is 0.454 e. The summed E-state index contributed by atoms with van der Waals surface area (Å²) >= 11 is 1.66. The smallest absolute Gasteiger partial charge is 0.255 e. The molecule has 0 unspecified atom stereocenters. The maximum atomic E-state index is 12.4. The van der Waals surface area contributed by atoms with Crippen molar-refractivity contribution >= 4 is 23.1 Å². The molecule has 3 heterocycles. The van der Waals surface area contributed by atoms with Crippen LogP contribution in [0.25, 0.3) is 0 Å². The number of aromatic nitrogens is 1. The van der Waals surface area contributed by atoms with E-state index in [9.17, 15) is 4.79 Å². The van der Waals surface area contributed by atoms with Gasteiger partial charge in [0.2, 0.25) is 6.79 Å². The molecule has 0 spiro atoms. The molecule has 4 rings (SSSR count). The molecule has 8 heteroatoms. The highest BCUT2D eigenvalue weighted by atomic mass is 32.1. The number of fused-ring (bicyclic) bond motifs is 1. The molecule has 0 bridgehead atoms. The first kappa shape index (κ1) is 19.2.